The summed E-state index contributed by atoms with van der Waals surface area (Å²) >= 11 is 0.656. The van der Waals surface area contributed by atoms with Crippen molar-refractivity contribution in [1.82, 2.24) is 0 Å². The van der Waals surface area contributed by atoms with E-state index in [-0.39, 0.29) is 131 Å². The fourth-order valence-corrected chi connectivity index (χ4v) is 46.0. The van der Waals surface area contributed by atoms with Crippen molar-refractivity contribution in [3.05, 3.63) is 0 Å². The molecule has 0 N–H and O–H groups in total. The van der Waals surface area contributed by atoms with Gasteiger partial charge in [-0.25, -0.2) is 0 Å². The van der Waals surface area contributed by atoms with Crippen LogP contribution in [-0.4, -0.2) is 23.0 Å². The molecule has 24 heavy (non-hydrogen) atoms. The van der Waals surface area contributed by atoms with Gasteiger partial charge in [0.2, 0.25) is 0 Å². The van der Waals surface area contributed by atoms with Crippen LogP contribution in [0.1, 0.15) is 27.7 Å². The molecule has 0 aliphatic heterocycles. The van der Waals surface area contributed by atoms with Crippen molar-refractivity contribution in [2.75, 3.05) is 23.0 Å². The van der Waals surface area contributed by atoms with E-state index in [0.717, 1.165) is 23.0 Å². The minimum absolute atomic E-state index is 0. The SMILES string of the molecule is CCS(CC)=P([O-])([O-])[S][Hg].CCS(CC)=P([O-])([O-])[S][Hg].[Hg+].[Hg+].[Hg+].[Hg+]. The van der Waals surface area contributed by atoms with E-state index < -0.39 is 11.4 Å². The first-order chi connectivity index (χ1) is 9.16. The van der Waals surface area contributed by atoms with E-state index in [1.165, 1.54) is 15.7 Å². The fourth-order valence-electron chi connectivity index (χ4n) is 1.19. The van der Waals surface area contributed by atoms with Crippen molar-refractivity contribution < 1.29 is 179 Å². The minimum atomic E-state index is -3.00. The smallest absolute Gasteiger partial charge is 1.00 e. The molecule has 0 spiro atoms. The van der Waals surface area contributed by atoms with E-state index in [4.69, 9.17) is 0 Å². The summed E-state index contributed by atoms with van der Waals surface area (Å²) in [5, 5.41) is 0. The summed E-state index contributed by atoms with van der Waals surface area (Å²) in [7, 11) is 1.71. The Morgan fingerprint density at radius 2 is 0.792 bits per heavy atom. The van der Waals surface area contributed by atoms with E-state index in [1.54, 1.807) is 0 Å². The predicted molar refractivity (Wildman–Crippen MR) is 85.9 cm³/mol. The van der Waals surface area contributed by atoms with Crippen LogP contribution in [0, 0.1) is 0 Å². The van der Waals surface area contributed by atoms with Gasteiger partial charge in [-0.2, -0.15) is 0 Å². The molecule has 0 rings (SSSR count). The normalized spacial score (nSPS) is 10.6. The maximum atomic E-state index is 11.2. The average molecular weight is 1570 g/mol. The third-order valence-corrected chi connectivity index (χ3v) is 58.2. The molecule has 0 fully saturated rings. The first kappa shape index (κ1) is 45.2. The van der Waals surface area contributed by atoms with Gasteiger partial charge in [0, 0.05) is 0 Å². The van der Waals surface area contributed by atoms with E-state index in [9.17, 15) is 19.6 Å². The van der Waals surface area contributed by atoms with Crippen LogP contribution in [0.3, 0.4) is 0 Å². The monoisotopic (exact) mass is 1580 g/mol. The molecule has 122 valence electrons. The van der Waals surface area contributed by atoms with Gasteiger partial charge in [0.05, 0.1) is 0 Å². The van der Waals surface area contributed by atoms with Crippen LogP contribution >= 0.6 is 27.1 Å². The fraction of sp³-hybridized carbons (Fsp3) is 1.00. The molecule has 0 aromatic heterocycles. The molecule has 0 bridgehead atoms. The molecule has 0 aliphatic carbocycles. The van der Waals surface area contributed by atoms with Crippen LogP contribution < -0.4 is 19.6 Å². The standard InChI is InChI=1S/2C4H10O2PS2.6Hg/c2*1-3-9(4-2)7(5,6)8;;;;;;/h2*3-4H2,1-2H3;;;;;;/q2*-3;6*+1. The first-order valence-electron chi connectivity index (χ1n) is 6.02. The van der Waals surface area contributed by atoms with E-state index in [1.807, 2.05) is 27.7 Å². The zero-order valence-electron chi connectivity index (χ0n) is 15.2. The molecule has 0 heterocycles. The Labute approximate surface area is 271 Å². The molecule has 0 aliphatic rings. The van der Waals surface area contributed by atoms with Crippen LogP contribution in [0.2, 0.25) is 0 Å². The van der Waals surface area contributed by atoms with Crippen molar-refractivity contribution in [3.63, 3.8) is 0 Å². The zero-order chi connectivity index (χ0) is 16.4. The average Bonchev–Trinajstić information content (AvgIpc) is 2.41. The molecule has 0 saturated heterocycles. The number of hydrogen-bond acceptors (Lipinski definition) is 6. The van der Waals surface area contributed by atoms with Crippen molar-refractivity contribution >= 4 is 47.3 Å². The second-order valence-corrected chi connectivity index (χ2v) is 39.6. The Morgan fingerprint density at radius 3 is 0.833 bits per heavy atom. The Bertz CT molecular complexity index is 345. The Balaban J connectivity index is -0.0000000579. The van der Waals surface area contributed by atoms with Gasteiger partial charge in [0.1, 0.15) is 0 Å². The molecule has 0 atom stereocenters. The second-order valence-electron chi connectivity index (χ2n) is 3.23. The Hall–Kier alpha value is 7.71. The second kappa shape index (κ2) is 27.0. The molecule has 0 saturated carbocycles. The molecule has 0 unspecified atom stereocenters. The molecule has 0 aromatic rings. The van der Waals surface area contributed by atoms with E-state index in [2.05, 4.69) is 0 Å². The Kier molecular flexibility index (Phi) is 50.8. The molecule has 0 aromatic carbocycles. The first-order valence-corrected chi connectivity index (χ1v) is 30.3. The summed E-state index contributed by atoms with van der Waals surface area (Å²) < 4.78 is 0. The van der Waals surface area contributed by atoms with Gasteiger partial charge in [-0.05, 0) is 0 Å². The summed E-state index contributed by atoms with van der Waals surface area (Å²) in [6.45, 7) is 7.78. The van der Waals surface area contributed by atoms with Gasteiger partial charge in [-0.1, -0.05) is 0 Å². The van der Waals surface area contributed by atoms with Gasteiger partial charge >= 0.3 is 277 Å². The third-order valence-electron chi connectivity index (χ3n) is 2.28. The zero-order valence-corrected chi connectivity index (χ0v) is 53.3. The van der Waals surface area contributed by atoms with Gasteiger partial charge in [0.25, 0.3) is 0 Å². The predicted octanol–water partition coefficient (Wildman–Crippen LogP) is 0.465. The molecule has 0 amide bonds. The van der Waals surface area contributed by atoms with Crippen LogP contribution in [-0.2, 0) is 180 Å². The molecule has 16 heteroatoms. The maximum Gasteiger partial charge on any atom is 1.00 e. The van der Waals surface area contributed by atoms with Crippen molar-refractivity contribution in [2.45, 2.75) is 27.7 Å². The topological polar surface area (TPSA) is 92.2 Å². The van der Waals surface area contributed by atoms with E-state index >= 15 is 0 Å². The van der Waals surface area contributed by atoms with Gasteiger partial charge in [0.15, 0.2) is 0 Å². The summed E-state index contributed by atoms with van der Waals surface area (Å²) in [6.07, 6.45) is 0. The van der Waals surface area contributed by atoms with Gasteiger partial charge in [-0.3, -0.25) is 0 Å². The quantitative estimate of drug-likeness (QED) is 0.284. The largest absolute Gasteiger partial charge is 1.00 e. The summed E-state index contributed by atoms with van der Waals surface area (Å²) in [5.74, 6) is 3.17. The third kappa shape index (κ3) is 21.6. The summed E-state index contributed by atoms with van der Waals surface area (Å²) in [4.78, 5) is 44.9. The van der Waals surface area contributed by atoms with Crippen molar-refractivity contribution in [1.29, 1.82) is 0 Å². The summed E-state index contributed by atoms with van der Waals surface area (Å²) in [6, 6.07) is 0. The maximum absolute atomic E-state index is 11.2. The Morgan fingerprint density at radius 1 is 0.625 bits per heavy atom. The van der Waals surface area contributed by atoms with Gasteiger partial charge < -0.3 is 0 Å². The molecular formula is C8H20Hg6O4P2S4. The number of rotatable bonds is 6. The van der Waals surface area contributed by atoms with Crippen molar-refractivity contribution in [3.8, 4) is 0 Å². The van der Waals surface area contributed by atoms with Crippen LogP contribution in [0.25, 0.3) is 0 Å². The molecule has 4 nitrogen and oxygen atoms in total. The van der Waals surface area contributed by atoms with Crippen LogP contribution in [0.4, 0.5) is 0 Å². The molecular weight excluding hydrogens is 1550 g/mol. The van der Waals surface area contributed by atoms with Crippen LogP contribution in [0.5, 0.6) is 0 Å². The van der Waals surface area contributed by atoms with E-state index in [0.29, 0.717) is 49.2 Å². The molecule has 4 radical (unpaired) electrons. The van der Waals surface area contributed by atoms with Crippen molar-refractivity contribution in [2.24, 2.45) is 0 Å². The van der Waals surface area contributed by atoms with Gasteiger partial charge in [-0.15, -0.1) is 0 Å². The minimum Gasteiger partial charge on any atom is 1.00 e. The number of hydrogen-bond donors (Lipinski definition) is 0. The summed E-state index contributed by atoms with van der Waals surface area (Å²) in [5.41, 5.74) is -6.01. The van der Waals surface area contributed by atoms with Crippen LogP contribution in [0.15, 0.2) is 0 Å².